The highest BCUT2D eigenvalue weighted by Gasteiger charge is 2.29. The minimum atomic E-state index is -4.12. The third-order valence-corrected chi connectivity index (χ3v) is 7.84. The second-order valence-electron chi connectivity index (χ2n) is 8.24. The van der Waals surface area contributed by atoms with Gasteiger partial charge in [0.05, 0.1) is 30.8 Å². The lowest BCUT2D eigenvalue weighted by Gasteiger charge is -2.29. The Bertz CT molecular complexity index is 1290. The number of fused-ring (bicyclic) bond motifs is 1. The zero-order chi connectivity index (χ0) is 25.0. The number of methoxy groups -OCH3 is 2. The first kappa shape index (κ1) is 24.5. The highest BCUT2D eigenvalue weighted by Crippen LogP contribution is 2.32. The molecule has 1 unspecified atom stereocenters. The van der Waals surface area contributed by atoms with Crippen LogP contribution in [0.3, 0.4) is 0 Å². The van der Waals surface area contributed by atoms with Crippen molar-refractivity contribution < 1.29 is 27.1 Å². The largest absolute Gasteiger partial charge is 0.497 e. The van der Waals surface area contributed by atoms with E-state index in [2.05, 4.69) is 5.32 Å². The van der Waals surface area contributed by atoms with Crippen molar-refractivity contribution in [1.29, 1.82) is 0 Å². The second kappa shape index (κ2) is 10.4. The van der Waals surface area contributed by atoms with Gasteiger partial charge in [-0.2, -0.15) is 0 Å². The van der Waals surface area contributed by atoms with E-state index in [1.807, 2.05) is 18.2 Å². The predicted molar refractivity (Wildman–Crippen MR) is 131 cm³/mol. The van der Waals surface area contributed by atoms with E-state index < -0.39 is 28.3 Å². The number of sulfonamides is 1. The highest BCUT2D eigenvalue weighted by atomic mass is 32.2. The minimum absolute atomic E-state index is 0.00877. The van der Waals surface area contributed by atoms with Crippen LogP contribution in [0, 0.1) is 5.82 Å². The summed E-state index contributed by atoms with van der Waals surface area (Å²) >= 11 is 0. The Morgan fingerprint density at radius 1 is 1.00 bits per heavy atom. The number of nitrogens with zero attached hydrogens (tertiary/aromatic N) is 1. The van der Waals surface area contributed by atoms with Crippen molar-refractivity contribution >= 4 is 21.6 Å². The summed E-state index contributed by atoms with van der Waals surface area (Å²) in [6, 6.07) is 16.4. The molecule has 0 saturated carbocycles. The van der Waals surface area contributed by atoms with E-state index in [0.717, 1.165) is 52.6 Å². The number of hydrogen-bond acceptors (Lipinski definition) is 5. The van der Waals surface area contributed by atoms with Gasteiger partial charge in [-0.05, 0) is 91.1 Å². The van der Waals surface area contributed by atoms with Gasteiger partial charge < -0.3 is 14.8 Å². The standard InChI is InChI=1S/C26H27FN2O5S/c1-33-21-10-13-23(14-11-21)35(31,32)29(20-8-6-19(27)7-9-20)17-26(30)28-25-5-3-4-18-16-22(34-2)12-15-24(18)25/h6-16,25H,3-5,17H2,1-2H3,(H,28,30). The maximum absolute atomic E-state index is 13.5. The van der Waals surface area contributed by atoms with Gasteiger partial charge in [0.25, 0.3) is 10.0 Å². The molecule has 3 aromatic carbocycles. The lowest BCUT2D eigenvalue weighted by molar-refractivity contribution is -0.120. The average Bonchev–Trinajstić information content (AvgIpc) is 2.87. The first-order valence-corrected chi connectivity index (χ1v) is 12.6. The van der Waals surface area contributed by atoms with Crippen molar-refractivity contribution in [2.75, 3.05) is 25.1 Å². The van der Waals surface area contributed by atoms with Crippen LogP contribution in [0.15, 0.2) is 71.6 Å². The number of rotatable bonds is 8. The molecule has 3 aromatic rings. The lowest BCUT2D eigenvalue weighted by atomic mass is 9.87. The molecule has 0 aromatic heterocycles. The molecule has 4 rings (SSSR count). The first-order valence-electron chi connectivity index (χ1n) is 11.2. The molecular weight excluding hydrogens is 471 g/mol. The number of carbonyl (C=O) groups is 1. The number of nitrogens with one attached hydrogen (secondary N) is 1. The third-order valence-electron chi connectivity index (χ3n) is 6.05. The fourth-order valence-corrected chi connectivity index (χ4v) is 5.66. The fraction of sp³-hybridized carbons (Fsp3) is 0.269. The highest BCUT2D eigenvalue weighted by molar-refractivity contribution is 7.92. The number of anilines is 1. The molecule has 9 heteroatoms. The molecule has 184 valence electrons. The minimum Gasteiger partial charge on any atom is -0.497 e. The van der Waals surface area contributed by atoms with Crippen LogP contribution in [0.4, 0.5) is 10.1 Å². The number of hydrogen-bond donors (Lipinski definition) is 1. The van der Waals surface area contributed by atoms with Gasteiger partial charge in [0.2, 0.25) is 5.91 Å². The summed E-state index contributed by atoms with van der Waals surface area (Å²) in [6.07, 6.45) is 2.51. The van der Waals surface area contributed by atoms with Crippen molar-refractivity contribution in [1.82, 2.24) is 5.32 Å². The zero-order valence-corrected chi connectivity index (χ0v) is 20.3. The van der Waals surface area contributed by atoms with Crippen molar-refractivity contribution in [3.63, 3.8) is 0 Å². The summed E-state index contributed by atoms with van der Waals surface area (Å²) in [7, 11) is -1.03. The van der Waals surface area contributed by atoms with Crippen LogP contribution in [-0.4, -0.2) is 35.1 Å². The van der Waals surface area contributed by atoms with E-state index in [9.17, 15) is 17.6 Å². The number of aryl methyl sites for hydroxylation is 1. The maximum Gasteiger partial charge on any atom is 0.264 e. The summed E-state index contributed by atoms with van der Waals surface area (Å²) < 4.78 is 52.0. The Balaban J connectivity index is 1.60. The van der Waals surface area contributed by atoms with E-state index in [1.54, 1.807) is 7.11 Å². The third kappa shape index (κ3) is 5.40. The summed E-state index contributed by atoms with van der Waals surface area (Å²) in [5, 5.41) is 2.99. The summed E-state index contributed by atoms with van der Waals surface area (Å²) in [6.45, 7) is -0.456. The van der Waals surface area contributed by atoms with Crippen molar-refractivity contribution in [3.8, 4) is 11.5 Å². The average molecular weight is 499 g/mol. The molecule has 0 heterocycles. The Hall–Kier alpha value is -3.59. The van der Waals surface area contributed by atoms with Gasteiger partial charge >= 0.3 is 0 Å². The quantitative estimate of drug-likeness (QED) is 0.502. The topological polar surface area (TPSA) is 84.9 Å². The molecule has 1 N–H and O–H groups in total. The zero-order valence-electron chi connectivity index (χ0n) is 19.5. The Morgan fingerprint density at radius 2 is 1.66 bits per heavy atom. The van der Waals surface area contributed by atoms with Gasteiger partial charge in [0.15, 0.2) is 0 Å². The van der Waals surface area contributed by atoms with Gasteiger partial charge in [-0.25, -0.2) is 12.8 Å². The fourth-order valence-electron chi connectivity index (χ4n) is 4.24. The van der Waals surface area contributed by atoms with Crippen LogP contribution in [0.1, 0.15) is 30.0 Å². The second-order valence-corrected chi connectivity index (χ2v) is 10.1. The van der Waals surface area contributed by atoms with Gasteiger partial charge in [-0.15, -0.1) is 0 Å². The van der Waals surface area contributed by atoms with E-state index in [4.69, 9.17) is 9.47 Å². The van der Waals surface area contributed by atoms with Gasteiger partial charge in [0.1, 0.15) is 23.9 Å². The number of carbonyl (C=O) groups excluding carboxylic acids is 1. The maximum atomic E-state index is 13.5. The predicted octanol–water partition coefficient (Wildman–Crippen LogP) is 4.23. The Morgan fingerprint density at radius 3 is 2.31 bits per heavy atom. The van der Waals surface area contributed by atoms with Crippen LogP contribution in [0.5, 0.6) is 11.5 Å². The van der Waals surface area contributed by atoms with Gasteiger partial charge in [-0.3, -0.25) is 9.10 Å². The molecule has 0 spiro atoms. The summed E-state index contributed by atoms with van der Waals surface area (Å²) in [4.78, 5) is 13.1. The smallest absolute Gasteiger partial charge is 0.264 e. The van der Waals surface area contributed by atoms with Crippen molar-refractivity contribution in [2.45, 2.75) is 30.2 Å². The van der Waals surface area contributed by atoms with Gasteiger partial charge in [0, 0.05) is 0 Å². The number of ether oxygens (including phenoxy) is 2. The van der Waals surface area contributed by atoms with Gasteiger partial charge in [-0.1, -0.05) is 6.07 Å². The van der Waals surface area contributed by atoms with E-state index in [-0.39, 0.29) is 16.6 Å². The number of halogens is 1. The summed E-state index contributed by atoms with van der Waals surface area (Å²) in [5.74, 6) is 0.292. The molecule has 0 aliphatic heterocycles. The normalized spacial score (nSPS) is 15.1. The van der Waals surface area contributed by atoms with E-state index in [0.29, 0.717) is 5.75 Å². The molecule has 1 aliphatic rings. The molecule has 1 aliphatic carbocycles. The molecule has 0 bridgehead atoms. The SMILES string of the molecule is COc1ccc(S(=O)(=O)N(CC(=O)NC2CCCc3cc(OC)ccc32)c2ccc(F)cc2)cc1. The monoisotopic (exact) mass is 498 g/mol. The van der Waals surface area contributed by atoms with Crippen LogP contribution in [0.25, 0.3) is 0 Å². The lowest BCUT2D eigenvalue weighted by Crippen LogP contribution is -2.42. The van der Waals surface area contributed by atoms with E-state index >= 15 is 0 Å². The van der Waals surface area contributed by atoms with Crippen molar-refractivity contribution in [3.05, 3.63) is 83.7 Å². The molecule has 1 atom stereocenters. The first-order chi connectivity index (χ1) is 16.8. The van der Waals surface area contributed by atoms with Crippen LogP contribution in [0.2, 0.25) is 0 Å². The van der Waals surface area contributed by atoms with Crippen LogP contribution in [-0.2, 0) is 21.2 Å². The summed E-state index contributed by atoms with van der Waals surface area (Å²) in [5.41, 5.74) is 2.28. The van der Waals surface area contributed by atoms with Crippen molar-refractivity contribution in [2.24, 2.45) is 0 Å². The Kier molecular flexibility index (Phi) is 7.25. The molecule has 7 nitrogen and oxygen atoms in total. The number of amides is 1. The molecule has 0 fully saturated rings. The molecular formula is C26H27FN2O5S. The van der Waals surface area contributed by atoms with Crippen LogP contribution >= 0.6 is 0 Å². The molecule has 0 radical (unpaired) electrons. The van der Waals surface area contributed by atoms with E-state index in [1.165, 1.54) is 43.5 Å². The Labute approximate surface area is 204 Å². The molecule has 1 amide bonds. The molecule has 35 heavy (non-hydrogen) atoms. The number of benzene rings is 3. The van der Waals surface area contributed by atoms with Crippen LogP contribution < -0.4 is 19.1 Å². The molecule has 0 saturated heterocycles.